The van der Waals surface area contributed by atoms with Crippen molar-refractivity contribution in [3.8, 4) is 5.69 Å². The lowest BCUT2D eigenvalue weighted by atomic mass is 10.0. The number of benzene rings is 1. The van der Waals surface area contributed by atoms with E-state index in [4.69, 9.17) is 0 Å². The van der Waals surface area contributed by atoms with E-state index in [2.05, 4.69) is 60.7 Å². The van der Waals surface area contributed by atoms with Crippen molar-refractivity contribution in [3.63, 3.8) is 0 Å². The highest BCUT2D eigenvalue weighted by Gasteiger charge is 2.05. The first-order valence-corrected chi connectivity index (χ1v) is 6.93. The van der Waals surface area contributed by atoms with Gasteiger partial charge in [0.05, 0.1) is 17.6 Å². The summed E-state index contributed by atoms with van der Waals surface area (Å²) in [6.45, 7) is 8.33. The van der Waals surface area contributed by atoms with Crippen LogP contribution < -0.4 is 5.32 Å². The summed E-state index contributed by atoms with van der Waals surface area (Å²) in [6.07, 6.45) is 3.12. The zero-order valence-corrected chi connectivity index (χ0v) is 11.9. The van der Waals surface area contributed by atoms with Crippen molar-refractivity contribution in [2.24, 2.45) is 0 Å². The molecule has 0 saturated carbocycles. The van der Waals surface area contributed by atoms with Gasteiger partial charge in [-0.25, -0.2) is 4.68 Å². The maximum Gasteiger partial charge on any atom is 0.0969 e. The topological polar surface area (TPSA) is 42.7 Å². The van der Waals surface area contributed by atoms with E-state index >= 15 is 0 Å². The molecule has 1 heterocycles. The zero-order chi connectivity index (χ0) is 13.7. The standard InChI is InChI=1S/C15H22N4/c1-4-8-16-10-14-11-19(18-17-14)15-7-5-6-13(9-15)12(2)3/h5-7,9,11-12,16H,4,8,10H2,1-3H3. The first kappa shape index (κ1) is 13.7. The van der Waals surface area contributed by atoms with Gasteiger partial charge in [0.15, 0.2) is 0 Å². The highest BCUT2D eigenvalue weighted by atomic mass is 15.4. The lowest BCUT2D eigenvalue weighted by Gasteiger charge is -2.07. The molecule has 1 N–H and O–H groups in total. The van der Waals surface area contributed by atoms with Crippen LogP contribution in [0.1, 0.15) is 44.4 Å². The monoisotopic (exact) mass is 258 g/mol. The van der Waals surface area contributed by atoms with E-state index in [1.54, 1.807) is 0 Å². The number of hydrogen-bond acceptors (Lipinski definition) is 3. The second-order valence-electron chi connectivity index (χ2n) is 5.08. The van der Waals surface area contributed by atoms with E-state index in [9.17, 15) is 0 Å². The second kappa shape index (κ2) is 6.48. The minimum absolute atomic E-state index is 0.522. The molecule has 0 fully saturated rings. The van der Waals surface area contributed by atoms with Crippen LogP contribution in [0.5, 0.6) is 0 Å². The van der Waals surface area contributed by atoms with Crippen molar-refractivity contribution in [2.45, 2.75) is 39.7 Å². The smallest absolute Gasteiger partial charge is 0.0969 e. The van der Waals surface area contributed by atoms with E-state index in [-0.39, 0.29) is 0 Å². The summed E-state index contributed by atoms with van der Waals surface area (Å²) in [5.41, 5.74) is 3.36. The predicted molar refractivity (Wildman–Crippen MR) is 77.4 cm³/mol. The summed E-state index contributed by atoms with van der Waals surface area (Å²) in [4.78, 5) is 0. The molecule has 0 unspecified atom stereocenters. The Morgan fingerprint density at radius 1 is 1.32 bits per heavy atom. The summed E-state index contributed by atoms with van der Waals surface area (Å²) in [5, 5.41) is 11.7. The number of rotatable bonds is 6. The van der Waals surface area contributed by atoms with Gasteiger partial charge >= 0.3 is 0 Å². The normalized spacial score (nSPS) is 11.2. The van der Waals surface area contributed by atoms with Crippen molar-refractivity contribution in [3.05, 3.63) is 41.7 Å². The maximum atomic E-state index is 4.19. The Labute approximate surface area is 114 Å². The first-order chi connectivity index (χ1) is 9.20. The molecule has 0 saturated heterocycles. The van der Waals surface area contributed by atoms with Crippen LogP contribution in [0, 0.1) is 0 Å². The van der Waals surface area contributed by atoms with Crippen LogP contribution >= 0.6 is 0 Å². The van der Waals surface area contributed by atoms with Crippen molar-refractivity contribution in [1.29, 1.82) is 0 Å². The maximum absolute atomic E-state index is 4.19. The SMILES string of the molecule is CCCNCc1cn(-c2cccc(C(C)C)c2)nn1. The fourth-order valence-electron chi connectivity index (χ4n) is 1.93. The quantitative estimate of drug-likeness (QED) is 0.810. The van der Waals surface area contributed by atoms with Gasteiger partial charge < -0.3 is 5.32 Å². The molecule has 1 aromatic carbocycles. The van der Waals surface area contributed by atoms with Crippen molar-refractivity contribution < 1.29 is 0 Å². The molecule has 102 valence electrons. The third-order valence-corrected chi connectivity index (χ3v) is 3.08. The first-order valence-electron chi connectivity index (χ1n) is 6.93. The van der Waals surface area contributed by atoms with E-state index < -0.39 is 0 Å². The average molecular weight is 258 g/mol. The number of aromatic nitrogens is 3. The molecule has 0 radical (unpaired) electrons. The van der Waals surface area contributed by atoms with Crippen molar-refractivity contribution in [2.75, 3.05) is 6.54 Å². The van der Waals surface area contributed by atoms with Gasteiger partial charge in [-0.05, 0) is 36.6 Å². The van der Waals surface area contributed by atoms with Crippen LogP contribution in [0.4, 0.5) is 0 Å². The van der Waals surface area contributed by atoms with Gasteiger partial charge in [-0.2, -0.15) is 0 Å². The minimum Gasteiger partial charge on any atom is -0.311 e. The highest BCUT2D eigenvalue weighted by Crippen LogP contribution is 2.17. The van der Waals surface area contributed by atoms with Gasteiger partial charge in [0.25, 0.3) is 0 Å². The molecular formula is C15H22N4. The molecule has 0 amide bonds. The minimum atomic E-state index is 0.522. The predicted octanol–water partition coefficient (Wildman–Crippen LogP) is 2.89. The molecule has 0 aliphatic rings. The lowest BCUT2D eigenvalue weighted by molar-refractivity contribution is 0.662. The molecular weight excluding hydrogens is 236 g/mol. The van der Waals surface area contributed by atoms with E-state index in [1.165, 1.54) is 5.56 Å². The molecule has 0 aliphatic carbocycles. The van der Waals surface area contributed by atoms with Crippen LogP contribution in [-0.2, 0) is 6.54 Å². The summed E-state index contributed by atoms with van der Waals surface area (Å²) in [6, 6.07) is 8.45. The molecule has 0 bridgehead atoms. The Morgan fingerprint density at radius 3 is 2.89 bits per heavy atom. The number of nitrogens with one attached hydrogen (secondary N) is 1. The summed E-state index contributed by atoms with van der Waals surface area (Å²) in [5.74, 6) is 0.522. The van der Waals surface area contributed by atoms with E-state index in [1.807, 2.05) is 10.9 Å². The Hall–Kier alpha value is -1.68. The molecule has 2 rings (SSSR count). The molecule has 0 aliphatic heterocycles. The molecule has 2 aromatic rings. The van der Waals surface area contributed by atoms with Crippen molar-refractivity contribution in [1.82, 2.24) is 20.3 Å². The van der Waals surface area contributed by atoms with Gasteiger partial charge in [-0.3, -0.25) is 0 Å². The summed E-state index contributed by atoms with van der Waals surface area (Å²) >= 11 is 0. The van der Waals surface area contributed by atoms with Gasteiger partial charge in [0, 0.05) is 6.54 Å². The Morgan fingerprint density at radius 2 is 2.16 bits per heavy atom. The third-order valence-electron chi connectivity index (χ3n) is 3.08. The van der Waals surface area contributed by atoms with Crippen LogP contribution in [0.15, 0.2) is 30.5 Å². The van der Waals surface area contributed by atoms with Crippen LogP contribution in [0.25, 0.3) is 5.69 Å². The molecule has 0 atom stereocenters. The Kier molecular flexibility index (Phi) is 4.68. The fraction of sp³-hybridized carbons (Fsp3) is 0.467. The second-order valence-corrected chi connectivity index (χ2v) is 5.08. The van der Waals surface area contributed by atoms with E-state index in [0.717, 1.165) is 30.9 Å². The average Bonchev–Trinajstić information content (AvgIpc) is 2.88. The summed E-state index contributed by atoms with van der Waals surface area (Å²) < 4.78 is 1.84. The summed E-state index contributed by atoms with van der Waals surface area (Å²) in [7, 11) is 0. The zero-order valence-electron chi connectivity index (χ0n) is 11.9. The molecule has 4 heteroatoms. The van der Waals surface area contributed by atoms with Gasteiger partial charge in [0.1, 0.15) is 0 Å². The van der Waals surface area contributed by atoms with Crippen molar-refractivity contribution >= 4 is 0 Å². The highest BCUT2D eigenvalue weighted by molar-refractivity contribution is 5.36. The number of nitrogens with zero attached hydrogens (tertiary/aromatic N) is 3. The molecule has 4 nitrogen and oxygen atoms in total. The molecule has 1 aromatic heterocycles. The lowest BCUT2D eigenvalue weighted by Crippen LogP contribution is -2.13. The molecule has 19 heavy (non-hydrogen) atoms. The Bertz CT molecular complexity index is 516. The van der Waals surface area contributed by atoms with Gasteiger partial charge in [-0.1, -0.05) is 38.1 Å². The third kappa shape index (κ3) is 3.64. The largest absolute Gasteiger partial charge is 0.311 e. The van der Waals surface area contributed by atoms with Gasteiger partial charge in [0.2, 0.25) is 0 Å². The molecule has 0 spiro atoms. The van der Waals surface area contributed by atoms with Crippen LogP contribution in [-0.4, -0.2) is 21.5 Å². The van der Waals surface area contributed by atoms with Crippen LogP contribution in [0.2, 0.25) is 0 Å². The fourth-order valence-corrected chi connectivity index (χ4v) is 1.93. The van der Waals surface area contributed by atoms with Crippen LogP contribution in [0.3, 0.4) is 0 Å². The number of hydrogen-bond donors (Lipinski definition) is 1. The van der Waals surface area contributed by atoms with E-state index in [0.29, 0.717) is 5.92 Å². The van der Waals surface area contributed by atoms with Gasteiger partial charge in [-0.15, -0.1) is 5.10 Å². The Balaban J connectivity index is 2.11.